The average molecular weight is 633 g/mol. The lowest BCUT2D eigenvalue weighted by Crippen LogP contribution is -2.41. The molecule has 4 N–H and O–H groups in total. The molecule has 0 aliphatic carbocycles. The van der Waals surface area contributed by atoms with Crippen molar-refractivity contribution in [3.8, 4) is 0 Å². The lowest BCUT2D eigenvalue weighted by atomic mass is 10.1. The quantitative estimate of drug-likeness (QED) is 0.102. The number of hydrogen-bond donors (Lipinski definition) is 4. The molecular weight excluding hydrogens is 592 g/mol. The molecule has 0 radical (unpaired) electrons. The fourth-order valence-electron chi connectivity index (χ4n) is 4.71. The lowest BCUT2D eigenvalue weighted by Gasteiger charge is -2.22. The van der Waals surface area contributed by atoms with E-state index in [1.54, 1.807) is 11.0 Å². The number of aliphatic hydroxyl groups excluding tert-OH is 1. The van der Waals surface area contributed by atoms with E-state index in [1.165, 1.54) is 34.2 Å². The van der Waals surface area contributed by atoms with Gasteiger partial charge in [0.05, 0.1) is 12.1 Å². The Hall–Kier alpha value is -3.42. The second kappa shape index (κ2) is 17.6. The van der Waals surface area contributed by atoms with Crippen LogP contribution >= 0.6 is 23.1 Å². The molecule has 1 fully saturated rings. The van der Waals surface area contributed by atoms with Crippen LogP contribution in [0.1, 0.15) is 61.9 Å². The Morgan fingerprint density at radius 2 is 1.95 bits per heavy atom. The number of carboxylic acid groups (broad SMARTS) is 2. The molecule has 1 aromatic carbocycles. The molecule has 0 unspecified atom stereocenters. The number of aromatic nitrogens is 1. The van der Waals surface area contributed by atoms with E-state index in [0.29, 0.717) is 35.9 Å². The van der Waals surface area contributed by atoms with Gasteiger partial charge in [-0.3, -0.25) is 14.4 Å². The first kappa shape index (κ1) is 34.1. The molecule has 0 saturated carbocycles. The number of rotatable bonds is 19. The molecule has 1 aromatic heterocycles. The summed E-state index contributed by atoms with van der Waals surface area (Å²) in [6.45, 7) is 1.45. The van der Waals surface area contributed by atoms with Gasteiger partial charge in [0, 0.05) is 49.8 Å². The molecule has 0 bridgehead atoms. The smallest absolute Gasteiger partial charge is 0.326 e. The normalized spacial score (nSPS) is 16.4. The fourth-order valence-corrected chi connectivity index (χ4v) is 6.52. The Labute approximate surface area is 260 Å². The first-order chi connectivity index (χ1) is 20.6. The molecule has 3 atom stereocenters. The minimum absolute atomic E-state index is 0.0596. The van der Waals surface area contributed by atoms with Crippen molar-refractivity contribution in [2.24, 2.45) is 0 Å². The number of nitrogens with zero attached hydrogens (tertiary/aromatic N) is 3. The van der Waals surface area contributed by atoms with Crippen LogP contribution in [-0.2, 0) is 14.4 Å². The summed E-state index contributed by atoms with van der Waals surface area (Å²) < 4.78 is 0.603. The first-order valence-electron chi connectivity index (χ1n) is 14.4. The van der Waals surface area contributed by atoms with E-state index in [2.05, 4.69) is 34.4 Å². The summed E-state index contributed by atoms with van der Waals surface area (Å²) in [5.74, 6) is -2.52. The maximum atomic E-state index is 12.5. The van der Waals surface area contributed by atoms with Gasteiger partial charge in [-0.15, -0.1) is 11.3 Å². The zero-order valence-corrected chi connectivity index (χ0v) is 25.9. The molecule has 13 heteroatoms. The first-order valence-corrected chi connectivity index (χ1v) is 16.3. The number of nitrogens with one attached hydrogen (secondary N) is 1. The third kappa shape index (κ3) is 11.6. The van der Waals surface area contributed by atoms with Crippen LogP contribution in [0.2, 0.25) is 0 Å². The third-order valence-corrected chi connectivity index (χ3v) is 9.15. The minimum Gasteiger partial charge on any atom is -0.481 e. The van der Waals surface area contributed by atoms with E-state index in [-0.39, 0.29) is 30.5 Å². The Kier molecular flexibility index (Phi) is 14.0. The number of carbonyl (C=O) groups is 4. The maximum Gasteiger partial charge on any atom is 0.326 e. The van der Waals surface area contributed by atoms with Crippen LogP contribution in [0.15, 0.2) is 52.2 Å². The number of hydrogen-bond acceptors (Lipinski definition) is 9. The summed E-state index contributed by atoms with van der Waals surface area (Å²) in [5, 5.41) is 32.3. The topological polar surface area (TPSA) is 160 Å². The van der Waals surface area contributed by atoms with Crippen LogP contribution < -0.4 is 10.2 Å². The number of carbonyl (C=O) groups excluding carboxylic acids is 2. The number of anilines is 1. The van der Waals surface area contributed by atoms with Crippen molar-refractivity contribution in [1.82, 2.24) is 15.2 Å². The van der Waals surface area contributed by atoms with Crippen molar-refractivity contribution >= 4 is 52.5 Å². The summed E-state index contributed by atoms with van der Waals surface area (Å²) in [6, 6.07) is 8.86. The number of aliphatic hydroxyl groups is 1. The number of carboxylic acids is 2. The van der Waals surface area contributed by atoms with Gasteiger partial charge < -0.3 is 30.4 Å². The van der Waals surface area contributed by atoms with Crippen LogP contribution in [0.25, 0.3) is 0 Å². The van der Waals surface area contributed by atoms with Crippen molar-refractivity contribution in [2.75, 3.05) is 30.8 Å². The van der Waals surface area contributed by atoms with E-state index >= 15 is 0 Å². The van der Waals surface area contributed by atoms with Gasteiger partial charge in [-0.2, -0.15) is 0 Å². The van der Waals surface area contributed by atoms with Gasteiger partial charge in [0.1, 0.15) is 11.7 Å². The Morgan fingerprint density at radius 3 is 2.67 bits per heavy atom. The van der Waals surface area contributed by atoms with Crippen molar-refractivity contribution in [3.63, 3.8) is 0 Å². The van der Waals surface area contributed by atoms with Gasteiger partial charge in [-0.1, -0.05) is 55.0 Å². The van der Waals surface area contributed by atoms with E-state index < -0.39 is 30.0 Å². The highest BCUT2D eigenvalue weighted by molar-refractivity contribution is 8.01. The molecule has 1 saturated heterocycles. The molecule has 11 nitrogen and oxygen atoms in total. The minimum atomic E-state index is -1.32. The SMILES string of the molecule is CN(CCCCC[C@H](O)/C=C/[C@H]1CCC(=O)N1CCSc1nc(C(=O)N[C@H](CCC(=O)O)C(=O)O)cs1)c1ccccc1. The Morgan fingerprint density at radius 1 is 1.19 bits per heavy atom. The molecule has 2 heterocycles. The molecule has 1 aliphatic heterocycles. The third-order valence-electron chi connectivity index (χ3n) is 7.14. The van der Waals surface area contributed by atoms with Crippen LogP contribution in [0.5, 0.6) is 0 Å². The number of thiazole rings is 1. The number of para-hydroxylation sites is 1. The standard InChI is InChI=1S/C30H40N4O7S2/c1-33(21-8-4-2-5-9-21)17-7-3-6-10-23(35)13-11-22-12-15-26(36)34(22)18-19-42-30-32-25(20-43-30)28(39)31-24(29(40)41)14-16-27(37)38/h2,4-5,8-9,11,13,20,22-24,35H,3,6-7,10,12,14-19H2,1H3,(H,31,39)(H,37,38)(H,40,41)/b13-11+/t22-,23-,24+/m0/s1. The van der Waals surface area contributed by atoms with Crippen LogP contribution in [0, 0.1) is 0 Å². The number of amides is 2. The van der Waals surface area contributed by atoms with Gasteiger partial charge in [0.15, 0.2) is 4.34 Å². The zero-order valence-electron chi connectivity index (χ0n) is 24.3. The van der Waals surface area contributed by atoms with Gasteiger partial charge in [0.2, 0.25) is 5.91 Å². The Bertz CT molecular complexity index is 1240. The lowest BCUT2D eigenvalue weighted by molar-refractivity contribution is -0.140. The van der Waals surface area contributed by atoms with Crippen molar-refractivity contribution in [2.45, 2.75) is 73.9 Å². The molecule has 2 amide bonds. The summed E-state index contributed by atoms with van der Waals surface area (Å²) in [6.07, 6.45) is 7.39. The summed E-state index contributed by atoms with van der Waals surface area (Å²) in [7, 11) is 2.08. The van der Waals surface area contributed by atoms with E-state index in [0.717, 1.165) is 25.8 Å². The highest BCUT2D eigenvalue weighted by atomic mass is 32.2. The number of thioether (sulfide) groups is 1. The van der Waals surface area contributed by atoms with Crippen LogP contribution in [-0.4, -0.2) is 93.0 Å². The molecule has 43 heavy (non-hydrogen) atoms. The monoisotopic (exact) mass is 632 g/mol. The van der Waals surface area contributed by atoms with Crippen molar-refractivity contribution in [1.29, 1.82) is 0 Å². The van der Waals surface area contributed by atoms with Gasteiger partial charge in [-0.25, -0.2) is 9.78 Å². The molecule has 234 valence electrons. The highest BCUT2D eigenvalue weighted by Crippen LogP contribution is 2.26. The fraction of sp³-hybridized carbons (Fsp3) is 0.500. The largest absolute Gasteiger partial charge is 0.481 e. The summed E-state index contributed by atoms with van der Waals surface area (Å²) >= 11 is 2.63. The maximum absolute atomic E-state index is 12.5. The molecule has 0 spiro atoms. The predicted octanol–water partition coefficient (Wildman–Crippen LogP) is 3.89. The van der Waals surface area contributed by atoms with E-state index in [9.17, 15) is 29.4 Å². The highest BCUT2D eigenvalue weighted by Gasteiger charge is 2.29. The molecular formula is C30H40N4O7S2. The molecule has 2 aromatic rings. The van der Waals surface area contributed by atoms with Crippen LogP contribution in [0.3, 0.4) is 0 Å². The van der Waals surface area contributed by atoms with Gasteiger partial charge >= 0.3 is 11.9 Å². The van der Waals surface area contributed by atoms with Crippen LogP contribution in [0.4, 0.5) is 5.69 Å². The number of benzene rings is 1. The Balaban J connectivity index is 1.37. The van der Waals surface area contributed by atoms with Crippen molar-refractivity contribution in [3.05, 3.63) is 53.6 Å². The molecule has 1 aliphatic rings. The van der Waals surface area contributed by atoms with E-state index in [4.69, 9.17) is 5.11 Å². The van der Waals surface area contributed by atoms with E-state index in [1.807, 2.05) is 24.3 Å². The zero-order chi connectivity index (χ0) is 31.2. The summed E-state index contributed by atoms with van der Waals surface area (Å²) in [4.78, 5) is 55.3. The summed E-state index contributed by atoms with van der Waals surface area (Å²) in [5.41, 5.74) is 1.25. The number of aliphatic carboxylic acids is 2. The number of likely N-dealkylation sites (tertiary alicyclic amines) is 1. The van der Waals surface area contributed by atoms with Crippen molar-refractivity contribution < 1.29 is 34.5 Å². The van der Waals surface area contributed by atoms with Gasteiger partial charge in [0.25, 0.3) is 5.91 Å². The predicted molar refractivity (Wildman–Crippen MR) is 167 cm³/mol. The van der Waals surface area contributed by atoms with Gasteiger partial charge in [-0.05, 0) is 37.8 Å². The molecule has 3 rings (SSSR count). The second-order valence-corrected chi connectivity index (χ2v) is 12.6. The number of unbranched alkanes of at least 4 members (excludes halogenated alkanes) is 2. The second-order valence-electron chi connectivity index (χ2n) is 10.4. The average Bonchev–Trinajstić information content (AvgIpc) is 3.60.